The van der Waals surface area contributed by atoms with Gasteiger partial charge in [-0.05, 0) is 84.0 Å². The fourth-order valence-electron chi connectivity index (χ4n) is 8.33. The van der Waals surface area contributed by atoms with Crippen molar-refractivity contribution in [1.29, 1.82) is 0 Å². The molecule has 0 saturated carbocycles. The van der Waals surface area contributed by atoms with Crippen molar-refractivity contribution in [2.75, 3.05) is 13.2 Å². The molecule has 77 heavy (non-hydrogen) atoms. The third-order valence-electron chi connectivity index (χ3n) is 12.3. The minimum atomic E-state index is -0.794. The second kappa shape index (κ2) is 24.0. The molecule has 0 radical (unpaired) electrons. The van der Waals surface area contributed by atoms with Crippen molar-refractivity contribution in [3.05, 3.63) is 181 Å². The normalized spacial score (nSPS) is 11.6. The third-order valence-corrected chi connectivity index (χ3v) is 12.3. The smallest absolute Gasteiger partial charge is 0.311 e. The second-order valence-electron chi connectivity index (χ2n) is 22.4. The number of benzene rings is 6. The quantitative estimate of drug-likeness (QED) is 0.0322. The Labute approximate surface area is 450 Å². The van der Waals surface area contributed by atoms with E-state index < -0.39 is 21.4 Å². The number of imidazole rings is 1. The van der Waals surface area contributed by atoms with Gasteiger partial charge in [-0.25, -0.2) is 4.98 Å². The van der Waals surface area contributed by atoms with Gasteiger partial charge in [-0.1, -0.05) is 144 Å². The van der Waals surface area contributed by atoms with Crippen molar-refractivity contribution in [2.45, 2.75) is 119 Å². The number of nitro groups is 2. The molecule has 3 N–H and O–H groups in total. The van der Waals surface area contributed by atoms with E-state index in [0.29, 0.717) is 40.8 Å². The predicted molar refractivity (Wildman–Crippen MR) is 302 cm³/mol. The van der Waals surface area contributed by atoms with Gasteiger partial charge in [-0.3, -0.25) is 34.6 Å². The molecule has 0 aliphatic carbocycles. The Morgan fingerprint density at radius 2 is 0.961 bits per heavy atom. The van der Waals surface area contributed by atoms with Gasteiger partial charge in [0.05, 0.1) is 34.4 Å². The molecule has 15 nitrogen and oxygen atoms in total. The maximum absolute atomic E-state index is 12.2. The van der Waals surface area contributed by atoms with Crippen LogP contribution in [0.5, 0.6) is 23.0 Å². The molecule has 1 heterocycles. The molecule has 1 aromatic heterocycles. The van der Waals surface area contributed by atoms with Crippen LogP contribution in [-0.2, 0) is 21.7 Å². The highest BCUT2D eigenvalue weighted by Gasteiger charge is 2.30. The number of carbonyl (C=O) groups excluding carboxylic acids is 3. The number of aldehydes is 1. The molecule has 0 atom stereocenters. The van der Waals surface area contributed by atoms with Crippen molar-refractivity contribution >= 4 is 29.2 Å². The van der Waals surface area contributed by atoms with E-state index in [2.05, 4.69) is 46.5 Å². The zero-order valence-corrected chi connectivity index (χ0v) is 46.4. The molecule has 0 spiro atoms. The molecule has 0 fully saturated rings. The van der Waals surface area contributed by atoms with E-state index in [1.807, 2.05) is 84.0 Å². The van der Waals surface area contributed by atoms with Crippen LogP contribution in [0.1, 0.15) is 150 Å². The summed E-state index contributed by atoms with van der Waals surface area (Å²) in [7, 11) is 0. The van der Waals surface area contributed by atoms with Crippen molar-refractivity contribution in [1.82, 2.24) is 9.97 Å². The number of nitro benzene ring substituents is 2. The number of ketones is 2. The summed E-state index contributed by atoms with van der Waals surface area (Å²) in [5.74, 6) is 0.0157. The van der Waals surface area contributed by atoms with Gasteiger partial charge in [0, 0.05) is 67.8 Å². The fraction of sp³-hybridized carbons (Fsp3) is 0.323. The lowest BCUT2D eigenvalue weighted by molar-refractivity contribution is -0.386. The van der Waals surface area contributed by atoms with E-state index in [1.54, 1.807) is 56.3 Å². The lowest BCUT2D eigenvalue weighted by atomic mass is 9.78. The summed E-state index contributed by atoms with van der Waals surface area (Å²) in [5.41, 5.74) is 6.43. The van der Waals surface area contributed by atoms with Crippen LogP contribution in [0, 0.1) is 20.2 Å². The molecular weight excluding hydrogens is 977 g/mol. The Kier molecular flexibility index (Phi) is 18.5. The molecule has 0 bridgehead atoms. The Hall–Kier alpha value is -8.46. The molecule has 0 aliphatic rings. The number of nitrogens with one attached hydrogen (secondary N) is 1. The Balaban J connectivity index is 0.000000237. The van der Waals surface area contributed by atoms with Crippen LogP contribution in [0.25, 0.3) is 33.9 Å². The van der Waals surface area contributed by atoms with Gasteiger partial charge in [0.15, 0.2) is 11.5 Å². The van der Waals surface area contributed by atoms with E-state index >= 15 is 0 Å². The number of carbonyl (C=O) groups is 3. The molecule has 0 saturated heterocycles. The van der Waals surface area contributed by atoms with Crippen molar-refractivity contribution < 1.29 is 43.9 Å². The Morgan fingerprint density at radius 1 is 0.545 bits per heavy atom. The maximum atomic E-state index is 12.2. The van der Waals surface area contributed by atoms with Crippen LogP contribution in [0.3, 0.4) is 0 Å². The number of ether oxygens (including phenoxy) is 2. The summed E-state index contributed by atoms with van der Waals surface area (Å²) in [5, 5.41) is 44.4. The maximum Gasteiger partial charge on any atom is 0.311 e. The average molecular weight is 1050 g/mol. The number of phenols is 2. The van der Waals surface area contributed by atoms with Crippen LogP contribution in [-0.4, -0.2) is 61.1 Å². The summed E-state index contributed by atoms with van der Waals surface area (Å²) in [6.45, 7) is 28.7. The number of H-pyrrole nitrogens is 1. The molecule has 6 aromatic carbocycles. The number of rotatable bonds is 13. The highest BCUT2D eigenvalue weighted by Crippen LogP contribution is 2.44. The number of hydrogen-bond donors (Lipinski definition) is 3. The lowest BCUT2D eigenvalue weighted by Crippen LogP contribution is -2.17. The van der Waals surface area contributed by atoms with Gasteiger partial charge in [0.25, 0.3) is 0 Å². The summed E-state index contributed by atoms with van der Waals surface area (Å²) in [6.07, 6.45) is 0.837. The van der Waals surface area contributed by atoms with E-state index in [-0.39, 0.29) is 62.3 Å². The zero-order chi connectivity index (χ0) is 57.4. The van der Waals surface area contributed by atoms with E-state index in [9.17, 15) is 44.8 Å². The first kappa shape index (κ1) is 59.4. The van der Waals surface area contributed by atoms with Gasteiger partial charge < -0.3 is 24.7 Å². The third kappa shape index (κ3) is 14.5. The van der Waals surface area contributed by atoms with Crippen LogP contribution < -0.4 is 9.47 Å². The minimum absolute atomic E-state index is 0.0380. The minimum Gasteiger partial charge on any atom is -0.507 e. The van der Waals surface area contributed by atoms with E-state index in [1.165, 1.54) is 30.3 Å². The number of hydrogen-bond acceptors (Lipinski definition) is 12. The molecule has 15 heteroatoms. The Bertz CT molecular complexity index is 3210. The number of aromatic amines is 1. The number of aromatic nitrogens is 2. The number of aromatic hydroxyl groups is 2. The Morgan fingerprint density at radius 3 is 1.39 bits per heavy atom. The van der Waals surface area contributed by atoms with Gasteiger partial charge in [-0.2, -0.15) is 0 Å². The average Bonchev–Trinajstić information content (AvgIpc) is 3.81. The van der Waals surface area contributed by atoms with Crippen molar-refractivity contribution in [3.63, 3.8) is 0 Å². The van der Waals surface area contributed by atoms with Crippen LogP contribution in [0.4, 0.5) is 11.4 Å². The topological polar surface area (TPSA) is 225 Å². The SMILES string of the molecule is CC(C)(C)c1cc(C=O)cc(C(C)(C)C)c1O.CCOc1ccc(-c2nc(-c3cc(C(C)(C)C)c(O)c(C(C)(C)C)c3)[nH]c2-c2ccccc2)cc1[N+](=O)[O-].CCOc1ccc(C(=O)C(=O)c2ccccc2)cc1[N+](=O)[O-]. The van der Waals surface area contributed by atoms with E-state index in [4.69, 9.17) is 14.5 Å². The summed E-state index contributed by atoms with van der Waals surface area (Å²) < 4.78 is 10.6. The zero-order valence-electron chi connectivity index (χ0n) is 46.4. The highest BCUT2D eigenvalue weighted by atomic mass is 16.6. The predicted octanol–water partition coefficient (Wildman–Crippen LogP) is 14.9. The van der Waals surface area contributed by atoms with Crippen LogP contribution >= 0.6 is 0 Å². The fourth-order valence-corrected chi connectivity index (χ4v) is 8.33. The molecule has 0 aliphatic heterocycles. The highest BCUT2D eigenvalue weighted by molar-refractivity contribution is 6.49. The second-order valence-corrected chi connectivity index (χ2v) is 22.4. The molecule has 7 aromatic rings. The van der Waals surface area contributed by atoms with Gasteiger partial charge in [0.1, 0.15) is 23.6 Å². The molecule has 7 rings (SSSR count). The summed E-state index contributed by atoms with van der Waals surface area (Å²) in [4.78, 5) is 65.5. The number of Topliss-reactive ketones (excluding diaryl/α,β-unsaturated/α-hetero) is 2. The number of nitrogens with zero attached hydrogens (tertiary/aromatic N) is 3. The molecule has 404 valence electrons. The van der Waals surface area contributed by atoms with Crippen LogP contribution in [0.2, 0.25) is 0 Å². The summed E-state index contributed by atoms with van der Waals surface area (Å²) in [6, 6.07) is 34.0. The van der Waals surface area contributed by atoms with Gasteiger partial charge >= 0.3 is 11.4 Å². The van der Waals surface area contributed by atoms with Gasteiger partial charge in [0.2, 0.25) is 11.6 Å². The van der Waals surface area contributed by atoms with Crippen molar-refractivity contribution in [3.8, 4) is 56.9 Å². The summed E-state index contributed by atoms with van der Waals surface area (Å²) >= 11 is 0. The standard InChI is InChI=1S/C31H35N3O4.C16H13NO5.C15H22O2/c1-8-38-25-15-14-20(18-24(25)34(36)37)27-26(19-12-10-9-11-13-19)32-29(33-27)21-16-22(30(2,3)4)28(35)23(17-21)31(5,6)7;1-2-22-14-9-8-12(10-13(14)17(20)21)16(19)15(18)11-6-4-3-5-7-11;1-14(2,3)11-7-10(9-16)8-12(13(11)17)15(4,5)6/h9-18,35H,8H2,1-7H3,(H,32,33);3-10H,2H2,1H3;7-9,17H,1-6H3. The van der Waals surface area contributed by atoms with Gasteiger partial charge in [-0.15, -0.1) is 0 Å². The lowest BCUT2D eigenvalue weighted by Gasteiger charge is -2.28. The van der Waals surface area contributed by atoms with E-state index in [0.717, 1.165) is 51.4 Å². The molecular formula is C62H70N4O11. The van der Waals surface area contributed by atoms with Crippen molar-refractivity contribution in [2.24, 2.45) is 0 Å². The first-order valence-electron chi connectivity index (χ1n) is 25.3. The first-order valence-corrected chi connectivity index (χ1v) is 25.3. The van der Waals surface area contributed by atoms with Crippen LogP contribution in [0.15, 0.2) is 121 Å². The number of phenolic OH excluding ortho intramolecular Hbond substituents is 2. The first-order chi connectivity index (χ1) is 35.9. The molecule has 0 unspecified atom stereocenters. The largest absolute Gasteiger partial charge is 0.507 e. The molecule has 0 amide bonds. The monoisotopic (exact) mass is 1050 g/mol.